The molecule has 1 unspecified atom stereocenters. The molecule has 6 nitrogen and oxygen atoms in total. The molecule has 1 N–H and O–H groups in total. The molecule has 2 aliphatic rings. The highest BCUT2D eigenvalue weighted by molar-refractivity contribution is 8.45. The maximum Gasteiger partial charge on any atom is 0.283 e. The Bertz CT molecular complexity index is 1160. The molecule has 0 bridgehead atoms. The molecule has 160 valence electrons. The van der Waals surface area contributed by atoms with Crippen molar-refractivity contribution in [2.24, 2.45) is 10.1 Å². The Morgan fingerprint density at radius 3 is 2.61 bits per heavy atom. The average Bonchev–Trinajstić information content (AvgIpc) is 3.30. The number of hydrogen-bond acceptors (Lipinski definition) is 5. The molecule has 0 saturated carbocycles. The monoisotopic (exact) mass is 451 g/mol. The Morgan fingerprint density at radius 2 is 1.97 bits per heavy atom. The molecule has 1 amide bonds. The van der Waals surface area contributed by atoms with Crippen LogP contribution in [0.4, 0.5) is 0 Å². The Balaban J connectivity index is 1.69. The largest absolute Gasteiger partial charge is 0.318 e. The number of thioether (sulfide) groups is 2. The average molecular weight is 452 g/mol. The second-order valence-corrected chi connectivity index (χ2v) is 9.66. The number of amidine groups is 2. The van der Waals surface area contributed by atoms with Gasteiger partial charge in [-0.2, -0.15) is 10.0 Å². The summed E-state index contributed by atoms with van der Waals surface area (Å²) >= 11 is 2.79. The minimum absolute atomic E-state index is 0.0641. The summed E-state index contributed by atoms with van der Waals surface area (Å²) in [6, 6.07) is 10.7. The van der Waals surface area contributed by atoms with E-state index in [1.807, 2.05) is 26.2 Å². The summed E-state index contributed by atoms with van der Waals surface area (Å²) in [6.45, 7) is 8.52. The number of amides is 1. The van der Waals surface area contributed by atoms with Gasteiger partial charge in [0, 0.05) is 17.1 Å². The van der Waals surface area contributed by atoms with E-state index in [1.165, 1.54) is 34.1 Å². The number of hydrazone groups is 1. The Kier molecular flexibility index (Phi) is 5.94. The fourth-order valence-corrected chi connectivity index (χ4v) is 5.08. The van der Waals surface area contributed by atoms with Crippen molar-refractivity contribution < 1.29 is 4.79 Å². The highest BCUT2D eigenvalue weighted by atomic mass is 32.2. The first-order valence-electron chi connectivity index (χ1n) is 10.2. The van der Waals surface area contributed by atoms with Gasteiger partial charge in [0.1, 0.15) is 0 Å². The van der Waals surface area contributed by atoms with Crippen LogP contribution in [0.25, 0.3) is 11.8 Å². The van der Waals surface area contributed by atoms with E-state index in [0.717, 1.165) is 33.4 Å². The van der Waals surface area contributed by atoms with Crippen LogP contribution in [0.2, 0.25) is 0 Å². The fraction of sp³-hybridized carbons (Fsp3) is 0.304. The van der Waals surface area contributed by atoms with Crippen molar-refractivity contribution in [3.63, 3.8) is 0 Å². The minimum Gasteiger partial charge on any atom is -0.318 e. The van der Waals surface area contributed by atoms with Crippen LogP contribution >= 0.6 is 23.5 Å². The number of nitrogens with one attached hydrogen (secondary N) is 1. The summed E-state index contributed by atoms with van der Waals surface area (Å²) in [5, 5.41) is 14.8. The van der Waals surface area contributed by atoms with Crippen LogP contribution in [-0.2, 0) is 4.79 Å². The molecule has 2 aliphatic heterocycles. The van der Waals surface area contributed by atoms with Gasteiger partial charge < -0.3 is 4.57 Å². The lowest BCUT2D eigenvalue weighted by Crippen LogP contribution is -2.35. The van der Waals surface area contributed by atoms with E-state index < -0.39 is 5.91 Å². The van der Waals surface area contributed by atoms with E-state index in [4.69, 9.17) is 5.41 Å². The molecule has 1 aromatic heterocycles. The number of rotatable bonds is 4. The number of aliphatic imine (C=N–C) groups is 1. The lowest BCUT2D eigenvalue weighted by Gasteiger charge is -2.20. The van der Waals surface area contributed by atoms with Crippen LogP contribution in [0, 0.1) is 19.3 Å². The van der Waals surface area contributed by atoms with Gasteiger partial charge in [0.05, 0.1) is 5.57 Å². The third-order valence-electron chi connectivity index (χ3n) is 5.71. The van der Waals surface area contributed by atoms with Crippen molar-refractivity contribution in [3.05, 3.63) is 58.4 Å². The zero-order valence-electron chi connectivity index (χ0n) is 18.3. The maximum atomic E-state index is 12.6. The topological polar surface area (TPSA) is 73.8 Å². The second-order valence-electron chi connectivity index (χ2n) is 7.65. The zero-order valence-corrected chi connectivity index (χ0v) is 19.9. The number of aryl methyl sites for hydroxylation is 1. The molecule has 0 saturated heterocycles. The van der Waals surface area contributed by atoms with Gasteiger partial charge in [-0.25, -0.2) is 0 Å². The van der Waals surface area contributed by atoms with Gasteiger partial charge in [0.2, 0.25) is 5.17 Å². The normalized spacial score (nSPS) is 18.4. The molecule has 8 heteroatoms. The highest BCUT2D eigenvalue weighted by Gasteiger charge is 2.35. The number of carbonyl (C=O) groups is 1. The quantitative estimate of drug-likeness (QED) is 0.619. The predicted molar refractivity (Wildman–Crippen MR) is 132 cm³/mol. The third-order valence-corrected chi connectivity index (χ3v) is 7.60. The standard InChI is InChI=1S/C23H25N5OS2/c1-6-13(2)16-7-9-18(10-8-16)27-14(3)11-17(15(27)4)12-19-20(24)28-22(25-21(19)29)31-23(26-28)30-5/h7-13,24H,6H2,1-5H3. The first kappa shape index (κ1) is 21.6. The zero-order chi connectivity index (χ0) is 22.3. The number of benzene rings is 1. The molecule has 0 fully saturated rings. The van der Waals surface area contributed by atoms with E-state index in [2.05, 4.69) is 52.8 Å². The van der Waals surface area contributed by atoms with E-state index in [-0.39, 0.29) is 11.4 Å². The SMILES string of the molecule is CCC(C)c1ccc(-n2c(C)cc(C=C3C(=N)N4N=C(SC)SC4=NC3=O)c2C)cc1. The minimum atomic E-state index is -0.399. The summed E-state index contributed by atoms with van der Waals surface area (Å²) in [7, 11) is 0. The van der Waals surface area contributed by atoms with Crippen LogP contribution in [0.15, 0.2) is 46.0 Å². The number of nitrogens with zero attached hydrogens (tertiary/aromatic N) is 4. The van der Waals surface area contributed by atoms with Gasteiger partial charge >= 0.3 is 0 Å². The highest BCUT2D eigenvalue weighted by Crippen LogP contribution is 2.32. The van der Waals surface area contributed by atoms with Crippen molar-refractivity contribution >= 4 is 50.9 Å². The molecule has 4 rings (SSSR count). The van der Waals surface area contributed by atoms with E-state index in [1.54, 1.807) is 6.08 Å². The molecule has 0 radical (unpaired) electrons. The Labute approximate surface area is 191 Å². The smallest absolute Gasteiger partial charge is 0.283 e. The lowest BCUT2D eigenvalue weighted by atomic mass is 9.98. The Hall–Kier alpha value is -2.58. The predicted octanol–water partition coefficient (Wildman–Crippen LogP) is 5.55. The van der Waals surface area contributed by atoms with E-state index in [0.29, 0.717) is 11.1 Å². The van der Waals surface area contributed by atoms with Gasteiger partial charge in [-0.05, 0) is 79.6 Å². The van der Waals surface area contributed by atoms with Gasteiger partial charge in [-0.3, -0.25) is 10.2 Å². The molecule has 1 aromatic carbocycles. The van der Waals surface area contributed by atoms with Crippen molar-refractivity contribution in [2.75, 3.05) is 6.26 Å². The summed E-state index contributed by atoms with van der Waals surface area (Å²) < 4.78 is 2.95. The van der Waals surface area contributed by atoms with Gasteiger partial charge in [-0.15, -0.1) is 16.9 Å². The molecule has 0 spiro atoms. The van der Waals surface area contributed by atoms with Crippen LogP contribution < -0.4 is 0 Å². The first-order valence-corrected chi connectivity index (χ1v) is 12.2. The molecular weight excluding hydrogens is 426 g/mol. The Morgan fingerprint density at radius 1 is 1.26 bits per heavy atom. The summed E-state index contributed by atoms with van der Waals surface area (Å²) in [5.74, 6) is 0.200. The number of fused-ring (bicyclic) bond motifs is 1. The molecule has 2 aromatic rings. The molecular formula is C23H25N5OS2. The molecule has 31 heavy (non-hydrogen) atoms. The molecule has 0 aliphatic carbocycles. The molecule has 3 heterocycles. The number of aromatic nitrogens is 1. The number of hydrogen-bond donors (Lipinski definition) is 1. The summed E-state index contributed by atoms with van der Waals surface area (Å²) in [4.78, 5) is 16.8. The van der Waals surface area contributed by atoms with Crippen molar-refractivity contribution in [3.8, 4) is 5.69 Å². The fourth-order valence-electron chi connectivity index (χ4n) is 3.73. The van der Waals surface area contributed by atoms with Crippen molar-refractivity contribution in [2.45, 2.75) is 40.0 Å². The van der Waals surface area contributed by atoms with Gasteiger partial charge in [-0.1, -0.05) is 26.0 Å². The summed E-state index contributed by atoms with van der Waals surface area (Å²) in [5.41, 5.74) is 5.65. The van der Waals surface area contributed by atoms with E-state index in [9.17, 15) is 4.79 Å². The van der Waals surface area contributed by atoms with Crippen LogP contribution in [0.3, 0.4) is 0 Å². The lowest BCUT2D eigenvalue weighted by molar-refractivity contribution is -0.114. The van der Waals surface area contributed by atoms with Crippen LogP contribution in [-0.4, -0.2) is 37.1 Å². The van der Waals surface area contributed by atoms with E-state index >= 15 is 0 Å². The van der Waals surface area contributed by atoms with Gasteiger partial charge in [0.15, 0.2) is 10.2 Å². The van der Waals surface area contributed by atoms with Crippen LogP contribution in [0.1, 0.15) is 48.7 Å². The van der Waals surface area contributed by atoms with Crippen molar-refractivity contribution in [1.82, 2.24) is 9.58 Å². The first-order chi connectivity index (χ1) is 14.8. The number of carbonyl (C=O) groups excluding carboxylic acids is 1. The molecule has 1 atom stereocenters. The van der Waals surface area contributed by atoms with Crippen molar-refractivity contribution in [1.29, 1.82) is 5.41 Å². The van der Waals surface area contributed by atoms with Gasteiger partial charge in [0.25, 0.3) is 5.91 Å². The maximum absolute atomic E-state index is 12.6. The third kappa shape index (κ3) is 3.90. The van der Waals surface area contributed by atoms with Crippen LogP contribution in [0.5, 0.6) is 0 Å². The second kappa shape index (κ2) is 8.51. The summed E-state index contributed by atoms with van der Waals surface area (Å²) in [6.07, 6.45) is 4.78.